The normalized spacial score (nSPS) is 11.0. The van der Waals surface area contributed by atoms with Crippen molar-refractivity contribution < 1.29 is 250 Å². The van der Waals surface area contributed by atoms with Gasteiger partial charge < -0.3 is 61.3 Å². The van der Waals surface area contributed by atoms with Crippen LogP contribution in [0.5, 0.6) is 0 Å². The molecular weight excluding hydrogens is 1460 g/mol. The maximum atomic E-state index is 11.1. The van der Waals surface area contributed by atoms with Crippen molar-refractivity contribution in [3.8, 4) is 0 Å². The molecule has 0 saturated carbocycles. The predicted molar refractivity (Wildman–Crippen MR) is 270 cm³/mol. The molecule has 0 fully saturated rings. The zero-order chi connectivity index (χ0) is 70.3. The number of aliphatic hydroxyl groups excluding tert-OH is 12. The molecule has 0 amide bonds. The second-order valence-electron chi connectivity index (χ2n) is 13.1. The summed E-state index contributed by atoms with van der Waals surface area (Å²) in [6, 6.07) is -19.5. The molecule has 12 N–H and O–H groups in total. The maximum Gasteiger partial charge on any atom is 0.328 e. The summed E-state index contributed by atoms with van der Waals surface area (Å²) in [5.74, 6) is -3.75. The van der Waals surface area contributed by atoms with Gasteiger partial charge in [-0.2, -0.15) is 52.7 Å². The van der Waals surface area contributed by atoms with E-state index in [1.165, 1.54) is 83.1 Å². The Bertz CT molecular complexity index is 1850. The first kappa shape index (κ1) is 118. The van der Waals surface area contributed by atoms with E-state index >= 15 is 0 Å². The molecule has 39 heteroatoms. The number of aliphatic hydroxyl groups is 12. The number of rotatable bonds is 12. The number of carbonyl (C=O) groups excluding carboxylic acids is 12. The first-order valence-corrected chi connectivity index (χ1v) is 20.3. The minimum absolute atomic E-state index is 0. The van der Waals surface area contributed by atoms with Crippen molar-refractivity contribution in [1.29, 1.82) is 0 Å². The minimum atomic E-state index is -1.62. The average Bonchev–Trinajstić information content (AvgIpc) is 3.14. The van der Waals surface area contributed by atoms with Crippen molar-refractivity contribution in [3.63, 3.8) is 0 Å². The van der Waals surface area contributed by atoms with Crippen molar-refractivity contribution in [2.45, 2.75) is 83.1 Å². The summed E-state index contributed by atoms with van der Waals surface area (Å²) < 4.78 is 133. The number of allylic oxidation sites excluding steroid dienone is 24. The van der Waals surface area contributed by atoms with E-state index in [0.717, 1.165) is 0 Å². The standard InChI is InChI=1S/12C4H5FO2.3Zr/c12*1-3(6)2-4(5)7;;;/h12*2,6H,1H3;;;/b3-2+;11*3-2-;;;. The Morgan fingerprint density at radius 3 is 0.195 bits per heavy atom. The SMILES string of the molecule is C/C(O)=C/C(=O)F.C/C(O)=C/C(=O)F.C/C(O)=C/C(=O)F.C/C(O)=C/C(=O)F.C/C(O)=C/C(=O)F.C/C(O)=C/C(=O)F.C/C(O)=C/C(=O)F.C/C(O)=C/C(=O)F.C/C(O)=C/C(=O)F.C/C(O)=C/C(=O)F.C/C(O)=C/C(=O)F.C/C(O)=C\C(=O)F.[Zr].[Zr].[Zr]. The molecule has 24 nitrogen and oxygen atoms in total. The monoisotopic (exact) mass is 1520 g/mol. The fraction of sp³-hybridized carbons (Fsp3) is 0.250. The van der Waals surface area contributed by atoms with Gasteiger partial charge in [-0.25, -0.2) is 0 Å². The van der Waals surface area contributed by atoms with E-state index < -0.39 is 72.4 Å². The number of hydrogen-bond acceptors (Lipinski definition) is 24. The molecule has 492 valence electrons. The summed E-state index contributed by atoms with van der Waals surface area (Å²) >= 11 is 0. The average molecular weight is 1520 g/mol. The van der Waals surface area contributed by atoms with Crippen LogP contribution in [0, 0.1) is 0 Å². The molecule has 87 heavy (non-hydrogen) atoms. The van der Waals surface area contributed by atoms with Crippen molar-refractivity contribution in [2.75, 3.05) is 0 Å². The fourth-order valence-electron chi connectivity index (χ4n) is 1.97. The first-order chi connectivity index (χ1) is 37.5. The summed E-state index contributed by atoms with van der Waals surface area (Å²) in [5, 5.41) is 97.5. The number of carbonyl (C=O) groups is 12. The molecule has 0 saturated heterocycles. The second kappa shape index (κ2) is 80.4. The van der Waals surface area contributed by atoms with Crippen LogP contribution in [0.1, 0.15) is 83.1 Å². The van der Waals surface area contributed by atoms with Crippen LogP contribution in [0.3, 0.4) is 0 Å². The van der Waals surface area contributed by atoms with Crippen LogP contribution < -0.4 is 0 Å². The molecule has 0 aromatic rings. The van der Waals surface area contributed by atoms with Crippen LogP contribution in [-0.4, -0.2) is 134 Å². The van der Waals surface area contributed by atoms with Crippen LogP contribution in [0.2, 0.25) is 0 Å². The smallest absolute Gasteiger partial charge is 0.328 e. The molecule has 0 rings (SSSR count). The predicted octanol–water partition coefficient (Wildman–Crippen LogP) is 11.3. The van der Waals surface area contributed by atoms with Crippen molar-refractivity contribution in [2.24, 2.45) is 0 Å². The molecular formula is C48H60F12O24Zr3. The van der Waals surface area contributed by atoms with Gasteiger partial charge in [-0.05, 0) is 83.1 Å². The Morgan fingerprint density at radius 1 is 0.161 bits per heavy atom. The van der Waals surface area contributed by atoms with Gasteiger partial charge in [0.15, 0.2) is 0 Å². The number of halogens is 12. The molecule has 0 unspecified atom stereocenters. The van der Waals surface area contributed by atoms with E-state index in [0.29, 0.717) is 72.9 Å². The van der Waals surface area contributed by atoms with E-state index in [-0.39, 0.29) is 148 Å². The molecule has 0 radical (unpaired) electrons. The van der Waals surface area contributed by atoms with Gasteiger partial charge in [-0.3, -0.25) is 57.5 Å². The Balaban J connectivity index is -0.0000000498. The van der Waals surface area contributed by atoms with Gasteiger partial charge in [0.05, 0.1) is 142 Å². The summed E-state index contributed by atoms with van der Waals surface area (Å²) in [5.41, 5.74) is 0. The van der Waals surface area contributed by atoms with Gasteiger partial charge in [0.2, 0.25) is 0 Å². The van der Waals surface area contributed by atoms with Crippen LogP contribution in [-0.2, 0) is 136 Å². The quantitative estimate of drug-likeness (QED) is 0.0374. The van der Waals surface area contributed by atoms with Crippen molar-refractivity contribution in [1.82, 2.24) is 0 Å². The van der Waals surface area contributed by atoms with Gasteiger partial charge in [-0.1, -0.05) is 0 Å². The molecule has 0 aliphatic rings. The zero-order valence-electron chi connectivity index (χ0n) is 47.2. The number of hydrogen-bond donors (Lipinski definition) is 12. The van der Waals surface area contributed by atoms with Crippen molar-refractivity contribution in [3.05, 3.63) is 142 Å². The molecule has 0 aromatic heterocycles. The van der Waals surface area contributed by atoms with Crippen molar-refractivity contribution >= 4 is 72.4 Å². The zero-order valence-corrected chi connectivity index (χ0v) is 54.6. The van der Waals surface area contributed by atoms with Gasteiger partial charge >= 0.3 is 72.4 Å². The largest absolute Gasteiger partial charge is 0.512 e. The first-order valence-electron chi connectivity index (χ1n) is 20.3. The van der Waals surface area contributed by atoms with E-state index in [9.17, 15) is 110 Å². The summed E-state index contributed by atoms with van der Waals surface area (Å²) in [7, 11) is 0. The molecule has 0 aliphatic heterocycles. The third-order valence-electron chi connectivity index (χ3n) is 3.87. The van der Waals surface area contributed by atoms with E-state index in [2.05, 4.69) is 0 Å². The Kier molecular flexibility index (Phi) is 109. The minimum Gasteiger partial charge on any atom is -0.512 e. The van der Waals surface area contributed by atoms with Crippen LogP contribution in [0.4, 0.5) is 52.7 Å². The van der Waals surface area contributed by atoms with Gasteiger partial charge in [-0.15, -0.1) is 0 Å². The third-order valence-corrected chi connectivity index (χ3v) is 3.87. The summed E-state index contributed by atoms with van der Waals surface area (Å²) in [4.78, 5) is 112. The third kappa shape index (κ3) is 281. The van der Waals surface area contributed by atoms with Gasteiger partial charge in [0.25, 0.3) is 0 Å². The molecule has 0 spiro atoms. The van der Waals surface area contributed by atoms with Crippen LogP contribution >= 0.6 is 0 Å². The molecule has 0 aliphatic carbocycles. The van der Waals surface area contributed by atoms with Crippen LogP contribution in [0.25, 0.3) is 0 Å². The molecule has 0 bridgehead atoms. The molecule has 0 atom stereocenters. The second-order valence-corrected chi connectivity index (χ2v) is 13.1. The van der Waals surface area contributed by atoms with Crippen LogP contribution in [0.15, 0.2) is 142 Å². The topological polar surface area (TPSA) is 448 Å². The van der Waals surface area contributed by atoms with Gasteiger partial charge in [0, 0.05) is 78.6 Å². The maximum absolute atomic E-state index is 11.1. The van der Waals surface area contributed by atoms with E-state index in [1.807, 2.05) is 0 Å². The van der Waals surface area contributed by atoms with E-state index in [1.54, 1.807) is 0 Å². The molecule has 0 heterocycles. The fourth-order valence-corrected chi connectivity index (χ4v) is 1.97. The van der Waals surface area contributed by atoms with E-state index in [4.69, 9.17) is 61.3 Å². The van der Waals surface area contributed by atoms with Gasteiger partial charge in [0.1, 0.15) is 0 Å². The Labute approximate surface area is 544 Å². The summed E-state index contributed by atoms with van der Waals surface area (Å²) in [6.07, 6.45) is 6.00. The summed E-state index contributed by atoms with van der Waals surface area (Å²) in [6.45, 7) is 14.6. The molecule has 0 aromatic carbocycles. The Morgan fingerprint density at radius 2 is 0.195 bits per heavy atom. The Hall–Kier alpha value is -7.67.